The zero-order valence-corrected chi connectivity index (χ0v) is 7.97. The van der Waals surface area contributed by atoms with Gasteiger partial charge in [0.2, 0.25) is 0 Å². The molecule has 0 aliphatic heterocycles. The van der Waals surface area contributed by atoms with Crippen LogP contribution in [0.4, 0.5) is 0 Å². The topological polar surface area (TPSA) is 0 Å². The van der Waals surface area contributed by atoms with Crippen molar-refractivity contribution in [2.45, 2.75) is 51.4 Å². The van der Waals surface area contributed by atoms with Crippen LogP contribution in [0.25, 0.3) is 0 Å². The first kappa shape index (κ1) is 7.41. The number of rotatable bonds is 0. The molecule has 0 aromatic rings. The molecule has 12 heavy (non-hydrogen) atoms. The zero-order valence-electron chi connectivity index (χ0n) is 7.97. The highest BCUT2D eigenvalue weighted by Crippen LogP contribution is 2.50. The van der Waals surface area contributed by atoms with Crippen LogP contribution in [-0.2, 0) is 0 Å². The standard InChI is InChI=1S/C12H20/c1-2-10-4-3-9(1)11-5-7-12(10)8-6-11/h9-12H,1-8H2. The normalized spacial score (nSPS) is 52.0. The first-order valence-corrected chi connectivity index (χ1v) is 5.93. The van der Waals surface area contributed by atoms with Crippen molar-refractivity contribution in [2.24, 2.45) is 23.7 Å². The van der Waals surface area contributed by atoms with Crippen LogP contribution in [0.2, 0.25) is 0 Å². The summed E-state index contributed by atoms with van der Waals surface area (Å²) in [6.07, 6.45) is 12.7. The number of hydrogen-bond donors (Lipinski definition) is 0. The van der Waals surface area contributed by atoms with Gasteiger partial charge in [-0.15, -0.1) is 0 Å². The summed E-state index contributed by atoms with van der Waals surface area (Å²) in [4.78, 5) is 0. The second kappa shape index (κ2) is 2.75. The predicted molar refractivity (Wildman–Crippen MR) is 50.9 cm³/mol. The Labute approximate surface area is 75.7 Å². The molecule has 0 aromatic heterocycles. The Bertz CT molecular complexity index is 117. The maximum absolute atomic E-state index is 1.59. The van der Waals surface area contributed by atoms with E-state index < -0.39 is 0 Å². The van der Waals surface area contributed by atoms with E-state index in [1.807, 2.05) is 0 Å². The van der Waals surface area contributed by atoms with Crippen LogP contribution >= 0.6 is 0 Å². The maximum atomic E-state index is 1.59. The van der Waals surface area contributed by atoms with Crippen molar-refractivity contribution in [2.75, 3.05) is 0 Å². The van der Waals surface area contributed by atoms with E-state index in [0.29, 0.717) is 0 Å². The highest BCUT2D eigenvalue weighted by molar-refractivity contribution is 4.89. The fraction of sp³-hybridized carbons (Fsp3) is 1.00. The van der Waals surface area contributed by atoms with Crippen LogP contribution in [0, 0.1) is 23.7 Å². The molecule has 68 valence electrons. The summed E-state index contributed by atoms with van der Waals surface area (Å²) in [5.74, 6) is 4.62. The summed E-state index contributed by atoms with van der Waals surface area (Å²) < 4.78 is 0. The van der Waals surface area contributed by atoms with E-state index in [9.17, 15) is 0 Å². The molecule has 6 saturated carbocycles. The molecule has 0 atom stereocenters. The van der Waals surface area contributed by atoms with E-state index in [4.69, 9.17) is 0 Å². The van der Waals surface area contributed by atoms with Gasteiger partial charge in [0.25, 0.3) is 0 Å². The Hall–Kier alpha value is 0. The minimum absolute atomic E-state index is 1.16. The Morgan fingerprint density at radius 3 is 0.667 bits per heavy atom. The van der Waals surface area contributed by atoms with Crippen molar-refractivity contribution < 1.29 is 0 Å². The summed E-state index contributed by atoms with van der Waals surface area (Å²) in [6, 6.07) is 0. The van der Waals surface area contributed by atoms with Crippen molar-refractivity contribution in [3.63, 3.8) is 0 Å². The lowest BCUT2D eigenvalue weighted by Crippen LogP contribution is -2.34. The third-order valence-corrected chi connectivity index (χ3v) is 4.97. The Morgan fingerprint density at radius 2 is 0.500 bits per heavy atom. The Morgan fingerprint density at radius 1 is 0.333 bits per heavy atom. The van der Waals surface area contributed by atoms with Gasteiger partial charge >= 0.3 is 0 Å². The van der Waals surface area contributed by atoms with Crippen molar-refractivity contribution in [1.82, 2.24) is 0 Å². The van der Waals surface area contributed by atoms with Crippen LogP contribution in [0.3, 0.4) is 0 Å². The molecule has 0 amide bonds. The van der Waals surface area contributed by atoms with E-state index >= 15 is 0 Å². The Balaban J connectivity index is 1.87. The fourth-order valence-corrected chi connectivity index (χ4v) is 4.18. The molecular formula is C12H20. The zero-order chi connectivity index (χ0) is 7.97. The average Bonchev–Trinajstić information content (AvgIpc) is 2.13. The van der Waals surface area contributed by atoms with E-state index in [2.05, 4.69) is 0 Å². The molecule has 0 unspecified atom stereocenters. The van der Waals surface area contributed by atoms with E-state index in [-0.39, 0.29) is 0 Å². The van der Waals surface area contributed by atoms with Gasteiger partial charge in [-0.1, -0.05) is 0 Å². The lowest BCUT2D eigenvalue weighted by atomic mass is 9.60. The van der Waals surface area contributed by atoms with Crippen molar-refractivity contribution in [1.29, 1.82) is 0 Å². The van der Waals surface area contributed by atoms with Gasteiger partial charge in [0.05, 0.1) is 0 Å². The molecule has 0 nitrogen and oxygen atoms in total. The highest BCUT2D eigenvalue weighted by Gasteiger charge is 2.38. The molecule has 0 aromatic carbocycles. The van der Waals surface area contributed by atoms with Crippen LogP contribution in [0.5, 0.6) is 0 Å². The van der Waals surface area contributed by atoms with Gasteiger partial charge in [0.1, 0.15) is 0 Å². The molecule has 0 radical (unpaired) electrons. The van der Waals surface area contributed by atoms with Gasteiger partial charge in [0.15, 0.2) is 0 Å². The van der Waals surface area contributed by atoms with E-state index in [0.717, 1.165) is 23.7 Å². The van der Waals surface area contributed by atoms with Crippen LogP contribution in [-0.4, -0.2) is 0 Å². The lowest BCUT2D eigenvalue weighted by molar-refractivity contribution is 0.0548. The molecule has 6 fully saturated rings. The molecule has 0 heteroatoms. The van der Waals surface area contributed by atoms with Gasteiger partial charge in [-0.2, -0.15) is 0 Å². The van der Waals surface area contributed by atoms with Gasteiger partial charge < -0.3 is 0 Å². The summed E-state index contributed by atoms with van der Waals surface area (Å²) in [5.41, 5.74) is 0. The van der Waals surface area contributed by atoms with Crippen molar-refractivity contribution in [3.8, 4) is 0 Å². The molecular weight excluding hydrogens is 144 g/mol. The monoisotopic (exact) mass is 164 g/mol. The molecule has 0 heterocycles. The quantitative estimate of drug-likeness (QED) is 0.513. The van der Waals surface area contributed by atoms with Gasteiger partial charge in [-0.05, 0) is 75.0 Å². The van der Waals surface area contributed by atoms with Crippen LogP contribution < -0.4 is 0 Å². The third-order valence-electron chi connectivity index (χ3n) is 4.97. The molecule has 4 bridgehead atoms. The van der Waals surface area contributed by atoms with E-state index in [1.165, 1.54) is 0 Å². The lowest BCUT2D eigenvalue weighted by Gasteiger charge is -2.46. The molecule has 6 aliphatic carbocycles. The molecule has 0 saturated heterocycles. The van der Waals surface area contributed by atoms with Gasteiger partial charge in [0, 0.05) is 0 Å². The first-order valence-electron chi connectivity index (χ1n) is 5.93. The minimum Gasteiger partial charge on any atom is -0.0499 e. The van der Waals surface area contributed by atoms with Crippen molar-refractivity contribution >= 4 is 0 Å². The minimum atomic E-state index is 1.16. The largest absolute Gasteiger partial charge is 0.0499 e. The predicted octanol–water partition coefficient (Wildman–Crippen LogP) is 3.61. The summed E-state index contributed by atoms with van der Waals surface area (Å²) >= 11 is 0. The SMILES string of the molecule is C1CC2CCC1C1CCC2CC1. The Kier molecular flexibility index (Phi) is 1.70. The highest BCUT2D eigenvalue weighted by atomic mass is 14.4. The smallest absolute Gasteiger partial charge is 0.0386 e. The number of hydrogen-bond acceptors (Lipinski definition) is 0. The first-order chi connectivity index (χ1) is 5.93. The van der Waals surface area contributed by atoms with Crippen LogP contribution in [0.15, 0.2) is 0 Å². The average molecular weight is 164 g/mol. The summed E-state index contributed by atoms with van der Waals surface area (Å²) in [7, 11) is 0. The van der Waals surface area contributed by atoms with Crippen molar-refractivity contribution in [3.05, 3.63) is 0 Å². The molecule has 6 rings (SSSR count). The van der Waals surface area contributed by atoms with E-state index in [1.54, 1.807) is 51.4 Å². The summed E-state index contributed by atoms with van der Waals surface area (Å²) in [5, 5.41) is 0. The maximum Gasteiger partial charge on any atom is -0.0386 e. The second-order valence-corrected chi connectivity index (χ2v) is 5.35. The molecule has 0 N–H and O–H groups in total. The van der Waals surface area contributed by atoms with Gasteiger partial charge in [-0.25, -0.2) is 0 Å². The van der Waals surface area contributed by atoms with Gasteiger partial charge in [-0.3, -0.25) is 0 Å². The third kappa shape index (κ3) is 1.03. The van der Waals surface area contributed by atoms with Crippen LogP contribution in [0.1, 0.15) is 51.4 Å². The summed E-state index contributed by atoms with van der Waals surface area (Å²) in [6.45, 7) is 0. The molecule has 0 spiro atoms. The second-order valence-electron chi connectivity index (χ2n) is 5.35. The fourth-order valence-electron chi connectivity index (χ4n) is 4.18. The molecule has 6 aliphatic rings.